The van der Waals surface area contributed by atoms with E-state index in [1.807, 2.05) is 0 Å². The molecule has 6 heteroatoms. The van der Waals surface area contributed by atoms with Gasteiger partial charge in [0.1, 0.15) is 5.82 Å². The fourth-order valence-corrected chi connectivity index (χ4v) is 1.47. The molecule has 19 heavy (non-hydrogen) atoms. The van der Waals surface area contributed by atoms with Gasteiger partial charge in [0.25, 0.3) is 0 Å². The van der Waals surface area contributed by atoms with Crippen molar-refractivity contribution in [2.45, 2.75) is 26.8 Å². The second-order valence-corrected chi connectivity index (χ2v) is 4.97. The van der Waals surface area contributed by atoms with Crippen LogP contribution >= 0.6 is 0 Å². The van der Waals surface area contributed by atoms with Crippen LogP contribution in [-0.2, 0) is 11.3 Å². The number of phenolic OH excluding ortho intramolecular Hbond substituents is 1. The van der Waals surface area contributed by atoms with E-state index in [9.17, 15) is 13.6 Å². The summed E-state index contributed by atoms with van der Waals surface area (Å²) in [4.78, 5) is 10.9. The number of carboxylic acids is 1. The molecule has 0 aliphatic heterocycles. The molecule has 0 atom stereocenters. The topological polar surface area (TPSA) is 69.6 Å². The van der Waals surface area contributed by atoms with E-state index in [2.05, 4.69) is 5.32 Å². The second kappa shape index (κ2) is 5.97. The third-order valence-corrected chi connectivity index (χ3v) is 2.97. The molecule has 0 heterocycles. The first kappa shape index (κ1) is 15.4. The van der Waals surface area contributed by atoms with Gasteiger partial charge in [-0.2, -0.15) is 0 Å². The summed E-state index contributed by atoms with van der Waals surface area (Å²) in [7, 11) is 0. The quantitative estimate of drug-likeness (QED) is 0.695. The van der Waals surface area contributed by atoms with Crippen LogP contribution in [0.1, 0.15) is 25.8 Å². The number of carbonyl (C=O) groups is 1. The lowest BCUT2D eigenvalue weighted by Crippen LogP contribution is -2.29. The number of benzene rings is 1. The Hall–Kier alpha value is -1.69. The monoisotopic (exact) mass is 273 g/mol. The molecule has 0 saturated heterocycles. The first-order chi connectivity index (χ1) is 8.75. The van der Waals surface area contributed by atoms with E-state index in [1.165, 1.54) is 0 Å². The zero-order chi connectivity index (χ0) is 14.6. The molecular formula is C13H17F2NO3. The summed E-state index contributed by atoms with van der Waals surface area (Å²) in [5.74, 6) is -3.28. The average Bonchev–Trinajstić information content (AvgIpc) is 2.33. The third-order valence-electron chi connectivity index (χ3n) is 2.97. The molecule has 0 saturated carbocycles. The molecule has 0 bridgehead atoms. The zero-order valence-electron chi connectivity index (χ0n) is 10.8. The molecule has 1 aromatic carbocycles. The minimum absolute atomic E-state index is 0.109. The molecule has 4 nitrogen and oxygen atoms in total. The SMILES string of the molecule is CC(C)(CCNCc1c(F)ccc(O)c1F)C(=O)O. The fourth-order valence-electron chi connectivity index (χ4n) is 1.47. The van der Waals surface area contributed by atoms with E-state index in [1.54, 1.807) is 13.8 Å². The molecule has 0 aliphatic rings. The number of nitrogens with one attached hydrogen (secondary N) is 1. The first-order valence-electron chi connectivity index (χ1n) is 5.85. The number of hydrogen-bond acceptors (Lipinski definition) is 3. The van der Waals surface area contributed by atoms with Crippen LogP contribution in [0, 0.1) is 17.0 Å². The highest BCUT2D eigenvalue weighted by Crippen LogP contribution is 2.22. The molecule has 0 unspecified atom stereocenters. The van der Waals surface area contributed by atoms with E-state index in [4.69, 9.17) is 10.2 Å². The maximum absolute atomic E-state index is 13.4. The Morgan fingerprint density at radius 2 is 2.00 bits per heavy atom. The Labute approximate surface area is 110 Å². The molecule has 0 fully saturated rings. The number of aliphatic carboxylic acids is 1. The van der Waals surface area contributed by atoms with Gasteiger partial charge in [0, 0.05) is 12.1 Å². The average molecular weight is 273 g/mol. The molecule has 1 aromatic rings. The molecule has 0 aromatic heterocycles. The lowest BCUT2D eigenvalue weighted by atomic mass is 9.90. The molecule has 3 N–H and O–H groups in total. The van der Waals surface area contributed by atoms with E-state index in [-0.39, 0.29) is 12.1 Å². The number of aromatic hydroxyl groups is 1. The summed E-state index contributed by atoms with van der Waals surface area (Å²) in [5, 5.41) is 20.8. The Morgan fingerprint density at radius 1 is 1.37 bits per heavy atom. The van der Waals surface area contributed by atoms with Crippen LogP contribution in [0.5, 0.6) is 5.75 Å². The van der Waals surface area contributed by atoms with Crippen LogP contribution in [0.15, 0.2) is 12.1 Å². The molecule has 1 rings (SSSR count). The highest BCUT2D eigenvalue weighted by atomic mass is 19.1. The van der Waals surface area contributed by atoms with E-state index in [0.717, 1.165) is 12.1 Å². The molecule has 106 valence electrons. The van der Waals surface area contributed by atoms with Gasteiger partial charge in [-0.1, -0.05) is 0 Å². The van der Waals surface area contributed by atoms with Crippen LogP contribution in [0.25, 0.3) is 0 Å². The number of hydrogen-bond donors (Lipinski definition) is 3. The van der Waals surface area contributed by atoms with Crippen molar-refractivity contribution in [3.05, 3.63) is 29.3 Å². The van der Waals surface area contributed by atoms with Gasteiger partial charge in [0.15, 0.2) is 11.6 Å². The van der Waals surface area contributed by atoms with Crippen molar-refractivity contribution in [1.29, 1.82) is 0 Å². The van der Waals surface area contributed by atoms with Crippen LogP contribution in [0.2, 0.25) is 0 Å². The fraction of sp³-hybridized carbons (Fsp3) is 0.462. The van der Waals surface area contributed by atoms with Crippen molar-refractivity contribution in [1.82, 2.24) is 5.32 Å². The second-order valence-electron chi connectivity index (χ2n) is 4.97. The van der Waals surface area contributed by atoms with Gasteiger partial charge in [0.05, 0.1) is 5.41 Å². The van der Waals surface area contributed by atoms with Crippen LogP contribution in [-0.4, -0.2) is 22.7 Å². The third kappa shape index (κ3) is 3.89. The summed E-state index contributed by atoms with van der Waals surface area (Å²) in [5.41, 5.74) is -1.16. The minimum Gasteiger partial charge on any atom is -0.505 e. The molecule has 0 radical (unpaired) electrons. The maximum Gasteiger partial charge on any atom is 0.309 e. The van der Waals surface area contributed by atoms with Crippen molar-refractivity contribution in [2.75, 3.05) is 6.54 Å². The molecule has 0 aliphatic carbocycles. The van der Waals surface area contributed by atoms with Gasteiger partial charge in [-0.3, -0.25) is 4.79 Å². The lowest BCUT2D eigenvalue weighted by molar-refractivity contribution is -0.147. The summed E-state index contributed by atoms with van der Waals surface area (Å²) in [6.07, 6.45) is 0.324. The van der Waals surface area contributed by atoms with E-state index < -0.39 is 28.8 Å². The summed E-state index contributed by atoms with van der Waals surface area (Å²) in [6.45, 7) is 3.34. The van der Waals surface area contributed by atoms with Gasteiger partial charge < -0.3 is 15.5 Å². The predicted molar refractivity (Wildman–Crippen MR) is 65.8 cm³/mol. The van der Waals surface area contributed by atoms with Crippen molar-refractivity contribution in [3.8, 4) is 5.75 Å². The van der Waals surface area contributed by atoms with Crippen LogP contribution < -0.4 is 5.32 Å². The first-order valence-corrected chi connectivity index (χ1v) is 5.85. The van der Waals surface area contributed by atoms with Crippen molar-refractivity contribution >= 4 is 5.97 Å². The standard InChI is InChI=1S/C13H17F2NO3/c1-13(2,12(18)19)5-6-16-7-8-9(14)3-4-10(17)11(8)15/h3-4,16-17H,5-7H2,1-2H3,(H,18,19). The molecule has 0 amide bonds. The van der Waals surface area contributed by atoms with Gasteiger partial charge in [0.2, 0.25) is 0 Å². The van der Waals surface area contributed by atoms with Gasteiger partial charge >= 0.3 is 5.97 Å². The Balaban J connectivity index is 2.55. The van der Waals surface area contributed by atoms with Gasteiger partial charge in [-0.05, 0) is 38.9 Å². The number of halogens is 2. The van der Waals surface area contributed by atoms with Gasteiger partial charge in [-0.15, -0.1) is 0 Å². The number of carboxylic acid groups (broad SMARTS) is 1. The highest BCUT2D eigenvalue weighted by Gasteiger charge is 2.26. The Morgan fingerprint density at radius 3 is 2.58 bits per heavy atom. The Bertz CT molecular complexity index is 475. The van der Waals surface area contributed by atoms with Crippen LogP contribution in [0.3, 0.4) is 0 Å². The largest absolute Gasteiger partial charge is 0.505 e. The van der Waals surface area contributed by atoms with Crippen molar-refractivity contribution in [2.24, 2.45) is 5.41 Å². The van der Waals surface area contributed by atoms with Crippen molar-refractivity contribution in [3.63, 3.8) is 0 Å². The summed E-state index contributed by atoms with van der Waals surface area (Å²) >= 11 is 0. The summed E-state index contributed by atoms with van der Waals surface area (Å²) in [6, 6.07) is 1.93. The number of phenols is 1. The predicted octanol–water partition coefficient (Wildman–Crippen LogP) is 2.26. The van der Waals surface area contributed by atoms with Crippen molar-refractivity contribution < 1.29 is 23.8 Å². The zero-order valence-corrected chi connectivity index (χ0v) is 10.8. The minimum atomic E-state index is -0.995. The van der Waals surface area contributed by atoms with E-state index >= 15 is 0 Å². The molecular weight excluding hydrogens is 256 g/mol. The summed E-state index contributed by atoms with van der Waals surface area (Å²) < 4.78 is 26.8. The smallest absolute Gasteiger partial charge is 0.309 e. The molecule has 0 spiro atoms. The normalized spacial score (nSPS) is 11.6. The van der Waals surface area contributed by atoms with Crippen LogP contribution in [0.4, 0.5) is 8.78 Å². The lowest BCUT2D eigenvalue weighted by Gasteiger charge is -2.19. The van der Waals surface area contributed by atoms with Gasteiger partial charge in [-0.25, -0.2) is 8.78 Å². The number of rotatable bonds is 6. The Kier molecular flexibility index (Phi) is 4.83. The van der Waals surface area contributed by atoms with E-state index in [0.29, 0.717) is 13.0 Å². The highest BCUT2D eigenvalue weighted by molar-refractivity contribution is 5.73. The maximum atomic E-state index is 13.4.